The van der Waals surface area contributed by atoms with E-state index in [9.17, 15) is 4.39 Å². The van der Waals surface area contributed by atoms with Gasteiger partial charge in [-0.2, -0.15) is 0 Å². The van der Waals surface area contributed by atoms with Gasteiger partial charge in [-0.15, -0.1) is 12.3 Å². The third kappa shape index (κ3) is 2.28. The number of nitrogens with two attached hydrogens (primary N) is 1. The zero-order valence-corrected chi connectivity index (χ0v) is 7.13. The predicted octanol–water partition coefficient (Wildman–Crippen LogP) is 1.35. The van der Waals surface area contributed by atoms with Crippen LogP contribution in [0.4, 0.5) is 4.39 Å². The molecule has 0 bridgehead atoms. The van der Waals surface area contributed by atoms with Crippen molar-refractivity contribution < 1.29 is 4.39 Å². The van der Waals surface area contributed by atoms with Gasteiger partial charge in [-0.1, -0.05) is 18.2 Å². The maximum Gasteiger partial charge on any atom is 0.128 e. The summed E-state index contributed by atoms with van der Waals surface area (Å²) in [5, 5.41) is 0. The molecule has 3 heteroatoms. The van der Waals surface area contributed by atoms with Crippen LogP contribution >= 0.6 is 0 Å². The van der Waals surface area contributed by atoms with Crippen molar-refractivity contribution in [2.75, 3.05) is 0 Å². The van der Waals surface area contributed by atoms with Crippen molar-refractivity contribution in [2.24, 2.45) is 5.84 Å². The van der Waals surface area contributed by atoms with Gasteiger partial charge < -0.3 is 0 Å². The lowest BCUT2D eigenvalue weighted by molar-refractivity contribution is 0.521. The van der Waals surface area contributed by atoms with Gasteiger partial charge in [0.1, 0.15) is 5.82 Å². The average molecular weight is 178 g/mol. The summed E-state index contributed by atoms with van der Waals surface area (Å²) in [4.78, 5) is 0. The van der Waals surface area contributed by atoms with Crippen molar-refractivity contribution in [3.63, 3.8) is 0 Å². The monoisotopic (exact) mass is 178 g/mol. The number of halogens is 1. The van der Waals surface area contributed by atoms with Crippen LogP contribution in [0.1, 0.15) is 18.0 Å². The summed E-state index contributed by atoms with van der Waals surface area (Å²) in [6.07, 6.45) is 5.50. The molecule has 0 amide bonds. The summed E-state index contributed by atoms with van der Waals surface area (Å²) in [6.45, 7) is 0. The molecular weight excluding hydrogens is 167 g/mol. The molecule has 1 aromatic rings. The van der Waals surface area contributed by atoms with Gasteiger partial charge in [0.05, 0.1) is 6.04 Å². The molecule has 2 nitrogen and oxygen atoms in total. The van der Waals surface area contributed by atoms with E-state index in [0.29, 0.717) is 12.0 Å². The van der Waals surface area contributed by atoms with E-state index >= 15 is 0 Å². The highest BCUT2D eigenvalue weighted by molar-refractivity contribution is 5.22. The van der Waals surface area contributed by atoms with E-state index in [1.807, 2.05) is 0 Å². The lowest BCUT2D eigenvalue weighted by Gasteiger charge is -2.13. The van der Waals surface area contributed by atoms with Crippen molar-refractivity contribution >= 4 is 0 Å². The summed E-state index contributed by atoms with van der Waals surface area (Å²) in [6, 6.07) is 6.11. The molecule has 0 aliphatic heterocycles. The summed E-state index contributed by atoms with van der Waals surface area (Å²) in [5.74, 6) is 7.39. The largest absolute Gasteiger partial charge is 0.271 e. The second kappa shape index (κ2) is 4.61. The maximum absolute atomic E-state index is 13.2. The molecule has 0 saturated carbocycles. The first-order valence-electron chi connectivity index (χ1n) is 3.93. The second-order valence-corrected chi connectivity index (χ2v) is 2.65. The molecule has 0 aliphatic rings. The molecule has 3 N–H and O–H groups in total. The lowest BCUT2D eigenvalue weighted by atomic mass is 10.0. The molecule has 0 aliphatic carbocycles. The predicted molar refractivity (Wildman–Crippen MR) is 49.9 cm³/mol. The fourth-order valence-electron chi connectivity index (χ4n) is 1.13. The van der Waals surface area contributed by atoms with Crippen LogP contribution in [-0.4, -0.2) is 0 Å². The Kier molecular flexibility index (Phi) is 3.44. The number of nitrogens with one attached hydrogen (secondary N) is 1. The van der Waals surface area contributed by atoms with Crippen LogP contribution in [-0.2, 0) is 0 Å². The second-order valence-electron chi connectivity index (χ2n) is 2.65. The summed E-state index contributed by atoms with van der Waals surface area (Å²) in [7, 11) is 0. The van der Waals surface area contributed by atoms with Gasteiger partial charge in [0.25, 0.3) is 0 Å². The molecule has 68 valence electrons. The Balaban J connectivity index is 2.92. The highest BCUT2D eigenvalue weighted by Gasteiger charge is 2.11. The van der Waals surface area contributed by atoms with E-state index in [-0.39, 0.29) is 11.9 Å². The fraction of sp³-hybridized carbons (Fsp3) is 0.200. The normalized spacial score (nSPS) is 12.1. The van der Waals surface area contributed by atoms with Gasteiger partial charge in [0, 0.05) is 12.0 Å². The third-order valence-electron chi connectivity index (χ3n) is 1.80. The highest BCUT2D eigenvalue weighted by Crippen LogP contribution is 2.18. The summed E-state index contributed by atoms with van der Waals surface area (Å²) >= 11 is 0. The number of terminal acetylenes is 1. The molecule has 0 aromatic heterocycles. The molecule has 0 saturated heterocycles. The minimum Gasteiger partial charge on any atom is -0.271 e. The first-order valence-corrected chi connectivity index (χ1v) is 3.93. The van der Waals surface area contributed by atoms with Crippen LogP contribution in [0.5, 0.6) is 0 Å². The molecule has 1 atom stereocenters. The molecule has 1 aromatic carbocycles. The van der Waals surface area contributed by atoms with Crippen LogP contribution in [0.2, 0.25) is 0 Å². The third-order valence-corrected chi connectivity index (χ3v) is 1.80. The van der Waals surface area contributed by atoms with Crippen molar-refractivity contribution in [1.82, 2.24) is 5.43 Å². The average Bonchev–Trinajstić information content (AvgIpc) is 2.16. The summed E-state index contributed by atoms with van der Waals surface area (Å²) in [5.41, 5.74) is 2.98. The Bertz CT molecular complexity index is 317. The van der Waals surface area contributed by atoms with Gasteiger partial charge in [0.15, 0.2) is 0 Å². The highest BCUT2D eigenvalue weighted by atomic mass is 19.1. The van der Waals surface area contributed by atoms with E-state index < -0.39 is 0 Å². The Morgan fingerprint density at radius 1 is 1.54 bits per heavy atom. The standard InChI is InChI=1S/C10H11FN2/c1-2-5-10(13-12)8-6-3-4-7-9(8)11/h1,3-4,6-7,10,13H,5,12H2. The van der Waals surface area contributed by atoms with E-state index in [1.54, 1.807) is 18.2 Å². The van der Waals surface area contributed by atoms with E-state index in [2.05, 4.69) is 11.3 Å². The van der Waals surface area contributed by atoms with Crippen molar-refractivity contribution in [3.8, 4) is 12.3 Å². The van der Waals surface area contributed by atoms with Gasteiger partial charge >= 0.3 is 0 Å². The Morgan fingerprint density at radius 2 is 2.23 bits per heavy atom. The minimum atomic E-state index is -0.314. The van der Waals surface area contributed by atoms with Crippen molar-refractivity contribution in [1.29, 1.82) is 0 Å². The molecule has 0 fully saturated rings. The zero-order chi connectivity index (χ0) is 9.68. The number of rotatable bonds is 3. The van der Waals surface area contributed by atoms with Crippen molar-refractivity contribution in [2.45, 2.75) is 12.5 Å². The smallest absolute Gasteiger partial charge is 0.128 e. The number of hydrogen-bond donors (Lipinski definition) is 2. The molecule has 1 unspecified atom stereocenters. The number of hydrogen-bond acceptors (Lipinski definition) is 2. The Morgan fingerprint density at radius 3 is 2.77 bits per heavy atom. The maximum atomic E-state index is 13.2. The van der Waals surface area contributed by atoms with Gasteiger partial charge in [0.2, 0.25) is 0 Å². The molecule has 0 heterocycles. The number of benzene rings is 1. The lowest BCUT2D eigenvalue weighted by Crippen LogP contribution is -2.28. The van der Waals surface area contributed by atoms with Crippen LogP contribution in [0, 0.1) is 18.2 Å². The Hall–Kier alpha value is -1.37. The topological polar surface area (TPSA) is 38.0 Å². The van der Waals surface area contributed by atoms with Crippen LogP contribution in [0.3, 0.4) is 0 Å². The SMILES string of the molecule is C#CCC(NN)c1ccccc1F. The number of hydrazine groups is 1. The summed E-state index contributed by atoms with van der Waals surface area (Å²) < 4.78 is 13.2. The van der Waals surface area contributed by atoms with Crippen molar-refractivity contribution in [3.05, 3.63) is 35.6 Å². The van der Waals surface area contributed by atoms with E-state index in [1.165, 1.54) is 6.07 Å². The van der Waals surface area contributed by atoms with Gasteiger partial charge in [-0.25, -0.2) is 4.39 Å². The fourth-order valence-corrected chi connectivity index (χ4v) is 1.13. The molecule has 13 heavy (non-hydrogen) atoms. The van der Waals surface area contributed by atoms with Gasteiger partial charge in [-0.05, 0) is 6.07 Å². The van der Waals surface area contributed by atoms with Crippen LogP contribution < -0.4 is 11.3 Å². The molecule has 0 radical (unpaired) electrons. The molecular formula is C10H11FN2. The van der Waals surface area contributed by atoms with Crippen LogP contribution in [0.25, 0.3) is 0 Å². The van der Waals surface area contributed by atoms with E-state index in [4.69, 9.17) is 12.3 Å². The molecule has 1 rings (SSSR count). The van der Waals surface area contributed by atoms with Gasteiger partial charge in [-0.3, -0.25) is 11.3 Å². The first kappa shape index (κ1) is 9.72. The Labute approximate surface area is 76.9 Å². The van der Waals surface area contributed by atoms with E-state index in [0.717, 1.165) is 0 Å². The molecule has 0 spiro atoms. The minimum absolute atomic E-state index is 0.291. The zero-order valence-electron chi connectivity index (χ0n) is 7.13. The first-order chi connectivity index (χ1) is 6.29. The quantitative estimate of drug-likeness (QED) is 0.416. The van der Waals surface area contributed by atoms with Crippen LogP contribution in [0.15, 0.2) is 24.3 Å².